The summed E-state index contributed by atoms with van der Waals surface area (Å²) in [6, 6.07) is 5.74. The molecular weight excluding hydrogens is 273 g/mol. The minimum absolute atomic E-state index is 0.0744. The van der Waals surface area contributed by atoms with Gasteiger partial charge in [0, 0.05) is 24.1 Å². The van der Waals surface area contributed by atoms with Gasteiger partial charge in [0.15, 0.2) is 0 Å². The minimum atomic E-state index is -0.0744. The first-order chi connectivity index (χ1) is 9.79. The highest BCUT2D eigenvalue weighted by molar-refractivity contribution is 7.99. The van der Waals surface area contributed by atoms with Crippen molar-refractivity contribution in [2.45, 2.75) is 43.2 Å². The molecule has 0 aromatic heterocycles. The van der Waals surface area contributed by atoms with Crippen LogP contribution in [-0.2, 0) is 4.74 Å². The third kappa shape index (κ3) is 2.87. The summed E-state index contributed by atoms with van der Waals surface area (Å²) in [6.07, 6.45) is 3.69. The fourth-order valence-corrected chi connectivity index (χ4v) is 4.41. The second-order valence-electron chi connectivity index (χ2n) is 5.62. The van der Waals surface area contributed by atoms with Gasteiger partial charge in [0.25, 0.3) is 0 Å². The molecule has 2 nitrogen and oxygen atoms in total. The van der Waals surface area contributed by atoms with Crippen LogP contribution in [0.4, 0.5) is 4.39 Å². The molecule has 0 amide bonds. The van der Waals surface area contributed by atoms with Crippen LogP contribution in [0.3, 0.4) is 0 Å². The molecule has 0 aliphatic carbocycles. The van der Waals surface area contributed by atoms with Gasteiger partial charge in [-0.3, -0.25) is 0 Å². The Morgan fingerprint density at radius 1 is 1.40 bits per heavy atom. The van der Waals surface area contributed by atoms with Gasteiger partial charge < -0.3 is 10.1 Å². The Morgan fingerprint density at radius 3 is 3.15 bits per heavy atom. The van der Waals surface area contributed by atoms with Crippen molar-refractivity contribution in [1.29, 1.82) is 0 Å². The Balaban J connectivity index is 1.66. The summed E-state index contributed by atoms with van der Waals surface area (Å²) in [7, 11) is 0. The van der Waals surface area contributed by atoms with Crippen molar-refractivity contribution in [3.05, 3.63) is 29.6 Å². The lowest BCUT2D eigenvalue weighted by Crippen LogP contribution is -2.32. The number of fused-ring (bicyclic) bond motifs is 1. The monoisotopic (exact) mass is 295 g/mol. The predicted octanol–water partition coefficient (Wildman–Crippen LogP) is 3.77. The van der Waals surface area contributed by atoms with Gasteiger partial charge in [-0.2, -0.15) is 0 Å². The normalized spacial score (nSPS) is 29.4. The van der Waals surface area contributed by atoms with Gasteiger partial charge in [0.1, 0.15) is 5.82 Å². The summed E-state index contributed by atoms with van der Waals surface area (Å²) in [5.41, 5.74) is 1.13. The molecule has 1 aromatic carbocycles. The fourth-order valence-electron chi connectivity index (χ4n) is 3.27. The number of hydrogen-bond acceptors (Lipinski definition) is 3. The highest BCUT2D eigenvalue weighted by Crippen LogP contribution is 2.38. The average molecular weight is 295 g/mol. The Bertz CT molecular complexity index is 468. The Kier molecular flexibility index (Phi) is 4.64. The van der Waals surface area contributed by atoms with E-state index < -0.39 is 0 Å². The number of ether oxygens (including phenoxy) is 1. The first kappa shape index (κ1) is 14.4. The molecule has 0 bridgehead atoms. The van der Waals surface area contributed by atoms with Crippen molar-refractivity contribution in [1.82, 2.24) is 5.32 Å². The first-order valence-corrected chi connectivity index (χ1v) is 8.54. The fraction of sp³-hybridized carbons (Fsp3) is 0.625. The van der Waals surface area contributed by atoms with Crippen molar-refractivity contribution < 1.29 is 9.13 Å². The number of rotatable bonds is 4. The zero-order valence-electron chi connectivity index (χ0n) is 11.9. The number of nitrogens with one attached hydrogen (secondary N) is 1. The van der Waals surface area contributed by atoms with E-state index in [1.807, 2.05) is 6.07 Å². The minimum Gasteiger partial charge on any atom is -0.378 e. The van der Waals surface area contributed by atoms with E-state index in [-0.39, 0.29) is 5.82 Å². The van der Waals surface area contributed by atoms with Crippen LogP contribution in [0.15, 0.2) is 23.1 Å². The molecule has 20 heavy (non-hydrogen) atoms. The lowest BCUT2D eigenvalue weighted by Gasteiger charge is -2.28. The number of hydrogen-bond donors (Lipinski definition) is 1. The predicted molar refractivity (Wildman–Crippen MR) is 80.6 cm³/mol. The molecule has 1 fully saturated rings. The van der Waals surface area contributed by atoms with Crippen molar-refractivity contribution in [3.8, 4) is 0 Å². The van der Waals surface area contributed by atoms with Crippen LogP contribution >= 0.6 is 11.8 Å². The second-order valence-corrected chi connectivity index (χ2v) is 6.73. The molecule has 1 saturated heterocycles. The molecule has 1 aromatic rings. The summed E-state index contributed by atoms with van der Waals surface area (Å²) in [5.74, 6) is 1.52. The Labute approximate surface area is 124 Å². The van der Waals surface area contributed by atoms with Gasteiger partial charge in [0.2, 0.25) is 0 Å². The number of benzene rings is 1. The molecule has 2 aliphatic rings. The maximum Gasteiger partial charge on any atom is 0.137 e. The topological polar surface area (TPSA) is 21.3 Å². The summed E-state index contributed by atoms with van der Waals surface area (Å²) in [4.78, 5) is 0.839. The Hall–Kier alpha value is -0.580. The van der Waals surface area contributed by atoms with Crippen molar-refractivity contribution >= 4 is 11.8 Å². The summed E-state index contributed by atoms with van der Waals surface area (Å²) in [6.45, 7) is 4.05. The van der Waals surface area contributed by atoms with Gasteiger partial charge >= 0.3 is 0 Å². The van der Waals surface area contributed by atoms with Gasteiger partial charge in [-0.1, -0.05) is 19.1 Å². The van der Waals surface area contributed by atoms with E-state index >= 15 is 0 Å². The van der Waals surface area contributed by atoms with E-state index in [2.05, 4.69) is 18.3 Å². The standard InChI is InChI=1S/C16H22FNOS/c1-2-15-11(6-8-19-15)10-18-14-7-9-20-16-12(14)4-3-5-13(16)17/h3-5,11,14-15,18H,2,6-10H2,1H3. The third-order valence-electron chi connectivity index (χ3n) is 4.40. The van der Waals surface area contributed by atoms with Gasteiger partial charge in [-0.25, -0.2) is 4.39 Å². The van der Waals surface area contributed by atoms with Crippen molar-refractivity contribution in [2.75, 3.05) is 18.9 Å². The van der Waals surface area contributed by atoms with E-state index in [1.54, 1.807) is 17.8 Å². The van der Waals surface area contributed by atoms with Crippen LogP contribution in [0.5, 0.6) is 0 Å². The molecule has 4 heteroatoms. The summed E-state index contributed by atoms with van der Waals surface area (Å²) >= 11 is 1.64. The SMILES string of the molecule is CCC1OCCC1CNC1CCSc2c(F)cccc21. The van der Waals surface area contributed by atoms with E-state index in [0.29, 0.717) is 18.1 Å². The molecule has 110 valence electrons. The Morgan fingerprint density at radius 2 is 2.30 bits per heavy atom. The van der Waals surface area contributed by atoms with E-state index in [4.69, 9.17) is 4.74 Å². The smallest absolute Gasteiger partial charge is 0.137 e. The quantitative estimate of drug-likeness (QED) is 0.913. The van der Waals surface area contributed by atoms with Gasteiger partial charge in [0.05, 0.1) is 6.10 Å². The van der Waals surface area contributed by atoms with Crippen LogP contribution in [0.1, 0.15) is 37.8 Å². The molecule has 0 saturated carbocycles. The zero-order valence-corrected chi connectivity index (χ0v) is 12.7. The molecular formula is C16H22FNOS. The van der Waals surface area contributed by atoms with Crippen molar-refractivity contribution in [2.24, 2.45) is 5.92 Å². The molecule has 0 spiro atoms. The molecule has 2 aliphatic heterocycles. The highest BCUT2D eigenvalue weighted by Gasteiger charge is 2.29. The second kappa shape index (κ2) is 6.46. The van der Waals surface area contributed by atoms with Gasteiger partial charge in [-0.05, 0) is 42.6 Å². The number of halogens is 1. The molecule has 3 unspecified atom stereocenters. The van der Waals surface area contributed by atoms with E-state index in [0.717, 1.165) is 48.6 Å². The summed E-state index contributed by atoms with van der Waals surface area (Å²) < 4.78 is 19.6. The van der Waals surface area contributed by atoms with Crippen LogP contribution in [0, 0.1) is 11.7 Å². The molecule has 3 atom stereocenters. The van der Waals surface area contributed by atoms with Crippen LogP contribution < -0.4 is 5.32 Å². The molecule has 0 radical (unpaired) electrons. The third-order valence-corrected chi connectivity index (χ3v) is 5.56. The molecule has 2 heterocycles. The summed E-state index contributed by atoms with van der Waals surface area (Å²) in [5, 5.41) is 3.65. The van der Waals surface area contributed by atoms with Crippen LogP contribution in [0.2, 0.25) is 0 Å². The molecule has 1 N–H and O–H groups in total. The van der Waals surface area contributed by atoms with E-state index in [9.17, 15) is 4.39 Å². The highest BCUT2D eigenvalue weighted by atomic mass is 32.2. The lowest BCUT2D eigenvalue weighted by atomic mass is 9.97. The first-order valence-electron chi connectivity index (χ1n) is 7.55. The molecule has 3 rings (SSSR count). The van der Waals surface area contributed by atoms with Crippen LogP contribution in [0.25, 0.3) is 0 Å². The van der Waals surface area contributed by atoms with Gasteiger partial charge in [-0.15, -0.1) is 11.8 Å². The maximum absolute atomic E-state index is 13.8. The maximum atomic E-state index is 13.8. The average Bonchev–Trinajstić information content (AvgIpc) is 2.93. The van der Waals surface area contributed by atoms with E-state index in [1.165, 1.54) is 0 Å². The largest absolute Gasteiger partial charge is 0.378 e. The van der Waals surface area contributed by atoms with Crippen LogP contribution in [-0.4, -0.2) is 25.0 Å². The number of thioether (sulfide) groups is 1. The zero-order chi connectivity index (χ0) is 13.9. The lowest BCUT2D eigenvalue weighted by molar-refractivity contribution is 0.0865. The van der Waals surface area contributed by atoms with Crippen molar-refractivity contribution in [3.63, 3.8) is 0 Å².